The minimum Gasteiger partial charge on any atom is -0.550 e. The maximum Gasteiger partial charge on any atom is 0.0582 e. The summed E-state index contributed by atoms with van der Waals surface area (Å²) < 4.78 is 0. The number of aliphatic hydroxyl groups is 4. The molecule has 0 unspecified atom stereocenters. The molecule has 0 saturated carbocycles. The molecular weight excluding hydrogens is 452 g/mol. The van der Waals surface area contributed by atoms with Crippen LogP contribution in [0.3, 0.4) is 0 Å². The lowest BCUT2D eigenvalue weighted by Gasteiger charge is -2.27. The molecule has 0 aliphatic heterocycles. The van der Waals surface area contributed by atoms with Crippen LogP contribution < -0.4 is 5.11 Å². The van der Waals surface area contributed by atoms with Gasteiger partial charge < -0.3 is 30.3 Å². The molecule has 0 aliphatic rings. The van der Waals surface area contributed by atoms with Crippen LogP contribution in [-0.4, -0.2) is 89.1 Å². The Labute approximate surface area is 214 Å². The highest BCUT2D eigenvalue weighted by Gasteiger charge is 2.11. The van der Waals surface area contributed by atoms with E-state index in [0.29, 0.717) is 0 Å². The number of carboxylic acids is 1. The summed E-state index contributed by atoms with van der Waals surface area (Å²) in [4.78, 5) is 15.5. The first-order chi connectivity index (χ1) is 17.0. The van der Waals surface area contributed by atoms with Crippen molar-refractivity contribution in [3.8, 4) is 0 Å². The molecule has 0 amide bonds. The van der Waals surface area contributed by atoms with E-state index in [2.05, 4.69) is 6.92 Å². The van der Waals surface area contributed by atoms with Crippen molar-refractivity contribution in [1.29, 1.82) is 0 Å². The van der Waals surface area contributed by atoms with Crippen LogP contribution in [0.5, 0.6) is 0 Å². The fourth-order valence-corrected chi connectivity index (χ4v) is 3.64. The van der Waals surface area contributed by atoms with E-state index in [1.54, 1.807) is 0 Å². The smallest absolute Gasteiger partial charge is 0.0582 e. The van der Waals surface area contributed by atoms with Crippen molar-refractivity contribution in [3.63, 3.8) is 0 Å². The molecule has 0 aromatic rings. The van der Waals surface area contributed by atoms with Crippen LogP contribution in [0.2, 0.25) is 0 Å². The first-order valence-electron chi connectivity index (χ1n) is 13.9. The van der Waals surface area contributed by atoms with Gasteiger partial charge in [-0.05, 0) is 12.8 Å². The Kier molecular flexibility index (Phi) is 32.4. The maximum absolute atomic E-state index is 10.2. The number of carboxylic acid groups (broad SMARTS) is 1. The highest BCUT2D eigenvalue weighted by molar-refractivity contribution is 5.63. The van der Waals surface area contributed by atoms with E-state index in [1.165, 1.54) is 93.6 Å². The van der Waals surface area contributed by atoms with E-state index in [4.69, 9.17) is 25.4 Å². The molecule has 0 heterocycles. The number of aliphatic carboxylic acids is 1. The van der Waals surface area contributed by atoms with Crippen molar-refractivity contribution in [1.82, 2.24) is 10.1 Å². The summed E-state index contributed by atoms with van der Waals surface area (Å²) in [6, 6.07) is 0. The van der Waals surface area contributed by atoms with Gasteiger partial charge in [0, 0.05) is 32.1 Å². The number of rotatable bonds is 26. The fraction of sp³-hybridized carbons (Fsp3) is 0.962. The molecule has 0 radical (unpaired) electrons. The molecule has 0 atom stereocenters. The Balaban J connectivity index is 0. The van der Waals surface area contributed by atoms with E-state index in [1.807, 2.05) is 0 Å². The largest absolute Gasteiger partial charge is 0.550 e. The van der Waals surface area contributed by atoms with Crippen LogP contribution in [0, 0.1) is 0 Å². The Morgan fingerprint density at radius 1 is 0.571 bits per heavy atom. The van der Waals surface area contributed by atoms with E-state index < -0.39 is 5.97 Å². The summed E-state index contributed by atoms with van der Waals surface area (Å²) in [7, 11) is 0. The van der Waals surface area contributed by atoms with Gasteiger partial charge in [-0.25, -0.2) is 4.94 Å². The molecule has 212 valence electrons. The maximum atomic E-state index is 10.2. The number of carbonyl (C=O) groups excluding carboxylic acids is 1. The first-order valence-corrected chi connectivity index (χ1v) is 13.9. The second-order valence-corrected chi connectivity index (χ2v) is 8.91. The quantitative estimate of drug-likeness (QED) is 0.103. The van der Waals surface area contributed by atoms with Gasteiger partial charge in [-0.15, -0.1) is 0 Å². The molecule has 0 saturated heterocycles. The van der Waals surface area contributed by atoms with Gasteiger partial charge >= 0.3 is 0 Å². The molecule has 9 heteroatoms. The molecule has 0 aromatic heterocycles. The van der Waals surface area contributed by atoms with Gasteiger partial charge in [-0.3, -0.25) is 0 Å². The third-order valence-corrected chi connectivity index (χ3v) is 5.61. The van der Waals surface area contributed by atoms with Crippen LogP contribution in [0.1, 0.15) is 110 Å². The highest BCUT2D eigenvalue weighted by Crippen LogP contribution is 2.13. The first kappa shape index (κ1) is 36.3. The van der Waals surface area contributed by atoms with Crippen LogP contribution in [0.4, 0.5) is 0 Å². The van der Waals surface area contributed by atoms with E-state index in [9.17, 15) is 9.90 Å². The minimum absolute atomic E-state index is 0.0912. The Morgan fingerprint density at radius 3 is 1.11 bits per heavy atom. The van der Waals surface area contributed by atoms with Crippen LogP contribution in [-0.2, 0) is 9.73 Å². The molecule has 0 fully saturated rings. The van der Waals surface area contributed by atoms with Crippen molar-refractivity contribution >= 4 is 5.97 Å². The van der Waals surface area contributed by atoms with Gasteiger partial charge in [0.15, 0.2) is 0 Å². The SMILES string of the molecule is CCCCCCCCCCCCCCCCCC(=O)[O-].OCCN(CCO)ON(CCO)CCO. The van der Waals surface area contributed by atoms with Gasteiger partial charge in [0.05, 0.1) is 26.4 Å². The number of hydroxylamine groups is 4. The highest BCUT2D eigenvalue weighted by atomic mass is 16.8. The number of aliphatic hydroxyl groups excluding tert-OH is 4. The number of nitrogens with zero attached hydrogens (tertiary/aromatic N) is 2. The Hall–Kier alpha value is -0.810. The van der Waals surface area contributed by atoms with E-state index in [-0.39, 0.29) is 59.0 Å². The lowest BCUT2D eigenvalue weighted by Crippen LogP contribution is -2.40. The van der Waals surface area contributed by atoms with Crippen molar-refractivity contribution in [2.75, 3.05) is 52.6 Å². The number of hydrogen-bond donors (Lipinski definition) is 4. The summed E-state index contributed by atoms with van der Waals surface area (Å²) >= 11 is 0. The van der Waals surface area contributed by atoms with Crippen molar-refractivity contribution < 1.29 is 35.3 Å². The average molecular weight is 508 g/mol. The van der Waals surface area contributed by atoms with Crippen LogP contribution in [0.15, 0.2) is 0 Å². The van der Waals surface area contributed by atoms with Gasteiger partial charge in [-0.1, -0.05) is 96.8 Å². The molecule has 0 spiro atoms. The summed E-state index contributed by atoms with van der Waals surface area (Å²) in [5.74, 6) is -0.903. The van der Waals surface area contributed by atoms with Crippen molar-refractivity contribution in [3.05, 3.63) is 0 Å². The number of carbonyl (C=O) groups is 1. The van der Waals surface area contributed by atoms with Gasteiger partial charge in [0.2, 0.25) is 0 Å². The van der Waals surface area contributed by atoms with Crippen molar-refractivity contribution in [2.24, 2.45) is 0 Å². The topological polar surface area (TPSA) is 137 Å². The predicted octanol–water partition coefficient (Wildman–Crippen LogP) is 2.40. The monoisotopic (exact) mass is 507 g/mol. The third-order valence-electron chi connectivity index (χ3n) is 5.61. The van der Waals surface area contributed by atoms with E-state index in [0.717, 1.165) is 12.8 Å². The molecule has 9 nitrogen and oxygen atoms in total. The summed E-state index contributed by atoms with van der Waals surface area (Å²) in [5, 5.41) is 47.8. The predicted molar refractivity (Wildman–Crippen MR) is 137 cm³/mol. The lowest BCUT2D eigenvalue weighted by atomic mass is 10.0. The van der Waals surface area contributed by atoms with E-state index >= 15 is 0 Å². The second kappa shape index (κ2) is 31.2. The minimum atomic E-state index is -0.903. The fourth-order valence-electron chi connectivity index (χ4n) is 3.64. The molecule has 4 N–H and O–H groups in total. The molecule has 0 aliphatic carbocycles. The van der Waals surface area contributed by atoms with Crippen LogP contribution in [0.25, 0.3) is 0 Å². The van der Waals surface area contributed by atoms with Crippen LogP contribution >= 0.6 is 0 Å². The normalized spacial score (nSPS) is 11.2. The molecule has 0 bridgehead atoms. The summed E-state index contributed by atoms with van der Waals surface area (Å²) in [5.41, 5.74) is 0. The zero-order valence-corrected chi connectivity index (χ0v) is 22.4. The van der Waals surface area contributed by atoms with Gasteiger partial charge in [0.1, 0.15) is 0 Å². The summed E-state index contributed by atoms with van der Waals surface area (Å²) in [6.07, 6.45) is 19.9. The third kappa shape index (κ3) is 31.2. The Morgan fingerprint density at radius 2 is 0.857 bits per heavy atom. The van der Waals surface area contributed by atoms with Gasteiger partial charge in [-0.2, -0.15) is 10.1 Å². The number of hydrogen-bond acceptors (Lipinski definition) is 9. The zero-order valence-electron chi connectivity index (χ0n) is 22.4. The molecular formula is C26H55N2O7-. The Bertz CT molecular complexity index is 391. The van der Waals surface area contributed by atoms with Gasteiger partial charge in [0.25, 0.3) is 0 Å². The summed E-state index contributed by atoms with van der Waals surface area (Å²) in [6.45, 7) is 2.93. The standard InChI is InChI=1S/C18H36O2.C8H20N2O5/c1-2-3-4-5-6-7-8-9-10-11-12-13-14-15-16-17-18(19)20;11-5-1-9(2-6-12)15-10(3-7-13)4-8-14/h2-17H2,1H3,(H,19,20);11-14H,1-8H2/p-1. The second-order valence-electron chi connectivity index (χ2n) is 8.91. The molecule has 0 rings (SSSR count). The molecule has 0 aromatic carbocycles. The average Bonchev–Trinajstić information content (AvgIpc) is 2.82. The molecule has 35 heavy (non-hydrogen) atoms. The number of unbranched alkanes of at least 4 members (excludes halogenated alkanes) is 14. The lowest BCUT2D eigenvalue weighted by molar-refractivity contribution is -0.331. The van der Waals surface area contributed by atoms with Crippen molar-refractivity contribution in [2.45, 2.75) is 110 Å². The zero-order chi connectivity index (χ0) is 26.4.